The molecule has 142 valence electrons. The van der Waals surface area contributed by atoms with Gasteiger partial charge in [0.15, 0.2) is 11.0 Å². The number of rotatable bonds is 4. The molecule has 0 spiro atoms. The minimum atomic E-state index is -0.826. The smallest absolute Gasteiger partial charge is 0.307 e. The van der Waals surface area contributed by atoms with Gasteiger partial charge in [0.25, 0.3) is 0 Å². The molecular weight excluding hydrogens is 397 g/mol. The molecule has 0 aliphatic carbocycles. The van der Waals surface area contributed by atoms with Gasteiger partial charge < -0.3 is 10.0 Å². The van der Waals surface area contributed by atoms with Gasteiger partial charge in [-0.25, -0.2) is 9.97 Å². The van der Waals surface area contributed by atoms with E-state index >= 15 is 0 Å². The zero-order valence-electron chi connectivity index (χ0n) is 14.8. The van der Waals surface area contributed by atoms with E-state index in [1.807, 2.05) is 30.0 Å². The number of aromatic nitrogens is 2. The summed E-state index contributed by atoms with van der Waals surface area (Å²) in [4.78, 5) is 23.4. The first kappa shape index (κ1) is 17.6. The molecule has 0 unspecified atom stereocenters. The van der Waals surface area contributed by atoms with Gasteiger partial charge in [0.05, 0.1) is 17.0 Å². The molecule has 1 N–H and O–H groups in total. The zero-order chi connectivity index (χ0) is 19.3. The first-order valence-electron chi connectivity index (χ1n) is 8.93. The van der Waals surface area contributed by atoms with Crippen LogP contribution in [0.5, 0.6) is 0 Å². The average molecular weight is 413 g/mol. The summed E-state index contributed by atoms with van der Waals surface area (Å²) in [6.07, 6.45) is 0.874. The first-order valence-corrected chi connectivity index (χ1v) is 10.9. The van der Waals surface area contributed by atoms with Crippen molar-refractivity contribution in [3.05, 3.63) is 57.8 Å². The van der Waals surface area contributed by atoms with Gasteiger partial charge in [-0.15, -0.1) is 11.3 Å². The van der Waals surface area contributed by atoms with Crippen LogP contribution in [0.3, 0.4) is 0 Å². The summed E-state index contributed by atoms with van der Waals surface area (Å²) in [6, 6.07) is 9.01. The predicted octanol–water partition coefficient (Wildman–Crippen LogP) is 4.41. The number of fused-ring (bicyclic) bond motifs is 2. The predicted molar refractivity (Wildman–Crippen MR) is 109 cm³/mol. The molecular formula is C20H16FN3O2S2. The minimum absolute atomic E-state index is 0.0287. The largest absolute Gasteiger partial charge is 0.481 e. The molecule has 3 aromatic rings. The molecule has 2 aromatic heterocycles. The number of hydrogen-bond donors (Lipinski definition) is 1. The lowest BCUT2D eigenvalue weighted by atomic mass is 10.1. The van der Waals surface area contributed by atoms with E-state index in [9.17, 15) is 9.18 Å². The Morgan fingerprint density at radius 1 is 1.21 bits per heavy atom. The van der Waals surface area contributed by atoms with Crippen molar-refractivity contribution in [1.82, 2.24) is 9.97 Å². The maximum atomic E-state index is 13.5. The number of carboxylic acids is 1. The van der Waals surface area contributed by atoms with Crippen molar-refractivity contribution in [1.29, 1.82) is 0 Å². The quantitative estimate of drug-likeness (QED) is 0.683. The lowest BCUT2D eigenvalue weighted by Gasteiger charge is -2.22. The molecule has 28 heavy (non-hydrogen) atoms. The third-order valence-corrected chi connectivity index (χ3v) is 6.84. The van der Waals surface area contributed by atoms with E-state index in [1.54, 1.807) is 6.07 Å². The molecule has 0 bridgehead atoms. The lowest BCUT2D eigenvalue weighted by Crippen LogP contribution is -2.18. The monoisotopic (exact) mass is 413 g/mol. The number of aliphatic carboxylic acids is 1. The maximum absolute atomic E-state index is 13.5. The van der Waals surface area contributed by atoms with E-state index in [0.717, 1.165) is 74.6 Å². The second-order valence-electron chi connectivity index (χ2n) is 6.83. The Balaban J connectivity index is 1.57. The second-order valence-corrected chi connectivity index (χ2v) is 8.85. The maximum Gasteiger partial charge on any atom is 0.307 e. The number of carboxylic acid groups (broad SMARTS) is 1. The van der Waals surface area contributed by atoms with Crippen LogP contribution in [0.25, 0.3) is 10.7 Å². The number of anilines is 2. The normalized spacial score (nSPS) is 15.0. The Morgan fingerprint density at radius 2 is 2.11 bits per heavy atom. The first-order chi connectivity index (χ1) is 13.6. The highest BCUT2D eigenvalue weighted by molar-refractivity contribution is 7.98. The van der Waals surface area contributed by atoms with Crippen LogP contribution in [-0.2, 0) is 29.1 Å². The van der Waals surface area contributed by atoms with E-state index in [-0.39, 0.29) is 11.6 Å². The van der Waals surface area contributed by atoms with Crippen LogP contribution in [0.4, 0.5) is 15.9 Å². The van der Waals surface area contributed by atoms with Gasteiger partial charge >= 0.3 is 5.97 Å². The molecule has 2 aliphatic heterocycles. The number of thioether (sulfide) groups is 1. The van der Waals surface area contributed by atoms with Crippen LogP contribution < -0.4 is 4.90 Å². The summed E-state index contributed by atoms with van der Waals surface area (Å²) in [5.41, 5.74) is 5.19. The van der Waals surface area contributed by atoms with Gasteiger partial charge in [-0.1, -0.05) is 12.1 Å². The SMILES string of the molecule is O=C(O)Cc1ccc2c(c1)CCN2c1nc(-c2ccc(F)s2)nc2c1CSC2. The van der Waals surface area contributed by atoms with Crippen LogP contribution >= 0.6 is 23.1 Å². The van der Waals surface area contributed by atoms with Crippen molar-refractivity contribution in [3.8, 4) is 10.7 Å². The summed E-state index contributed by atoms with van der Waals surface area (Å²) < 4.78 is 13.5. The molecule has 8 heteroatoms. The highest BCUT2D eigenvalue weighted by atomic mass is 32.2. The van der Waals surface area contributed by atoms with Crippen molar-refractivity contribution in [2.45, 2.75) is 24.3 Å². The van der Waals surface area contributed by atoms with Gasteiger partial charge in [0.1, 0.15) is 5.82 Å². The fraction of sp³-hybridized carbons (Fsp3) is 0.250. The van der Waals surface area contributed by atoms with E-state index in [1.165, 1.54) is 6.07 Å². The number of hydrogen-bond acceptors (Lipinski definition) is 6. The van der Waals surface area contributed by atoms with E-state index in [2.05, 4.69) is 4.90 Å². The number of nitrogens with zero attached hydrogens (tertiary/aromatic N) is 3. The molecule has 0 amide bonds. The van der Waals surface area contributed by atoms with E-state index < -0.39 is 5.97 Å². The standard InChI is InChI=1S/C20H16FN3O2S2/c21-17-4-3-16(28-17)19-22-14-10-27-9-13(14)20(23-19)24-6-5-12-7-11(8-18(25)26)1-2-15(12)24/h1-4,7H,5-6,8-10H2,(H,25,26). The summed E-state index contributed by atoms with van der Waals surface area (Å²) >= 11 is 2.87. The summed E-state index contributed by atoms with van der Waals surface area (Å²) in [5.74, 6) is 2.34. The Hall–Kier alpha value is -2.45. The average Bonchev–Trinajstić information content (AvgIpc) is 3.38. The third kappa shape index (κ3) is 3.06. The Bertz CT molecular complexity index is 1100. The molecule has 0 atom stereocenters. The molecule has 4 heterocycles. The fourth-order valence-electron chi connectivity index (χ4n) is 3.76. The topological polar surface area (TPSA) is 66.3 Å². The van der Waals surface area contributed by atoms with Crippen molar-refractivity contribution in [2.75, 3.05) is 11.4 Å². The van der Waals surface area contributed by atoms with Gasteiger partial charge in [0, 0.05) is 29.3 Å². The molecule has 1 aromatic carbocycles. The number of carbonyl (C=O) groups is 1. The summed E-state index contributed by atoms with van der Waals surface area (Å²) in [5, 5.41) is 8.79. The third-order valence-electron chi connectivity index (χ3n) is 5.00. The van der Waals surface area contributed by atoms with Crippen LogP contribution in [0.1, 0.15) is 22.4 Å². The summed E-state index contributed by atoms with van der Waals surface area (Å²) in [6.45, 7) is 0.790. The Morgan fingerprint density at radius 3 is 2.89 bits per heavy atom. The van der Waals surface area contributed by atoms with Crippen LogP contribution in [0.2, 0.25) is 0 Å². The van der Waals surface area contributed by atoms with Gasteiger partial charge in [-0.2, -0.15) is 16.2 Å². The van der Waals surface area contributed by atoms with Gasteiger partial charge in [-0.05, 0) is 35.7 Å². The van der Waals surface area contributed by atoms with Crippen molar-refractivity contribution in [2.24, 2.45) is 0 Å². The molecule has 0 fully saturated rings. The van der Waals surface area contributed by atoms with Crippen LogP contribution in [-0.4, -0.2) is 27.6 Å². The summed E-state index contributed by atoms with van der Waals surface area (Å²) in [7, 11) is 0. The molecule has 0 radical (unpaired) electrons. The second kappa shape index (κ2) is 6.86. The minimum Gasteiger partial charge on any atom is -0.481 e. The van der Waals surface area contributed by atoms with Crippen molar-refractivity contribution < 1.29 is 14.3 Å². The number of halogens is 1. The van der Waals surface area contributed by atoms with Crippen molar-refractivity contribution >= 4 is 40.6 Å². The Labute approximate surface area is 169 Å². The number of benzene rings is 1. The molecule has 2 aliphatic rings. The van der Waals surface area contributed by atoms with Crippen LogP contribution in [0.15, 0.2) is 30.3 Å². The van der Waals surface area contributed by atoms with Crippen LogP contribution in [0, 0.1) is 5.13 Å². The van der Waals surface area contributed by atoms with Crippen molar-refractivity contribution in [3.63, 3.8) is 0 Å². The highest BCUT2D eigenvalue weighted by Gasteiger charge is 2.29. The van der Waals surface area contributed by atoms with Gasteiger partial charge in [-0.3, -0.25) is 4.79 Å². The highest BCUT2D eigenvalue weighted by Crippen LogP contribution is 2.42. The number of thiophene rings is 1. The lowest BCUT2D eigenvalue weighted by molar-refractivity contribution is -0.136. The molecule has 5 nitrogen and oxygen atoms in total. The molecule has 5 rings (SSSR count). The van der Waals surface area contributed by atoms with Gasteiger partial charge in [0.2, 0.25) is 0 Å². The molecule has 0 saturated carbocycles. The molecule has 0 saturated heterocycles. The van der Waals surface area contributed by atoms with E-state index in [0.29, 0.717) is 5.82 Å². The van der Waals surface area contributed by atoms with E-state index in [4.69, 9.17) is 15.1 Å². The fourth-order valence-corrected chi connectivity index (χ4v) is 5.46. The zero-order valence-corrected chi connectivity index (χ0v) is 16.4. The Kier molecular flexibility index (Phi) is 4.32.